The second kappa shape index (κ2) is 12.4. The molecular formula is C27H43N3O3. The van der Waals surface area contributed by atoms with Crippen molar-refractivity contribution in [3.63, 3.8) is 0 Å². The molecule has 2 N–H and O–H groups in total. The monoisotopic (exact) mass is 457 g/mol. The lowest BCUT2D eigenvalue weighted by atomic mass is 9.86. The molecule has 2 aliphatic rings. The second-order valence-electron chi connectivity index (χ2n) is 10.1. The number of carboxylic acid groups (broad SMARTS) is 1. The Bertz CT molecular complexity index is 776. The van der Waals surface area contributed by atoms with E-state index in [0.29, 0.717) is 23.8 Å². The number of likely N-dealkylation sites (tertiary alicyclic amines) is 1. The molecule has 1 heterocycles. The highest BCUT2D eigenvalue weighted by Gasteiger charge is 2.35. The number of hydrogen-bond acceptors (Lipinski definition) is 4. The van der Waals surface area contributed by atoms with Gasteiger partial charge >= 0.3 is 5.97 Å². The van der Waals surface area contributed by atoms with Gasteiger partial charge in [0.05, 0.1) is 11.4 Å². The Hall–Kier alpha value is -2.08. The first-order valence-electron chi connectivity index (χ1n) is 13.0. The predicted molar refractivity (Wildman–Crippen MR) is 135 cm³/mol. The highest BCUT2D eigenvalue weighted by molar-refractivity contribution is 5.96. The molecule has 1 aromatic carbocycles. The van der Waals surface area contributed by atoms with Gasteiger partial charge in [-0.15, -0.1) is 0 Å². The molecule has 1 aliphatic carbocycles. The van der Waals surface area contributed by atoms with Crippen molar-refractivity contribution in [3.8, 4) is 0 Å². The van der Waals surface area contributed by atoms with Gasteiger partial charge in [0.2, 0.25) is 5.91 Å². The third kappa shape index (κ3) is 6.95. The fraction of sp³-hybridized carbons (Fsp3) is 0.704. The normalized spacial score (nSPS) is 23.8. The Morgan fingerprint density at radius 2 is 1.73 bits per heavy atom. The van der Waals surface area contributed by atoms with Crippen LogP contribution in [0, 0.1) is 0 Å². The molecule has 6 nitrogen and oxygen atoms in total. The van der Waals surface area contributed by atoms with Gasteiger partial charge in [-0.05, 0) is 58.1 Å². The van der Waals surface area contributed by atoms with E-state index in [-0.39, 0.29) is 18.5 Å². The summed E-state index contributed by atoms with van der Waals surface area (Å²) in [5.74, 6) is -0.924. The van der Waals surface area contributed by atoms with Gasteiger partial charge in [0.1, 0.15) is 6.54 Å². The molecule has 3 atom stereocenters. The van der Waals surface area contributed by atoms with E-state index < -0.39 is 5.97 Å². The first-order chi connectivity index (χ1) is 15.9. The number of anilines is 2. The molecule has 0 aromatic heterocycles. The molecule has 184 valence electrons. The largest absolute Gasteiger partial charge is 0.480 e. The van der Waals surface area contributed by atoms with E-state index in [0.717, 1.165) is 12.1 Å². The minimum Gasteiger partial charge on any atom is -0.480 e. The summed E-state index contributed by atoms with van der Waals surface area (Å²) in [6.45, 7) is 5.97. The molecule has 2 fully saturated rings. The van der Waals surface area contributed by atoms with Crippen LogP contribution in [0.15, 0.2) is 24.3 Å². The van der Waals surface area contributed by atoms with Gasteiger partial charge in [-0.2, -0.15) is 0 Å². The van der Waals surface area contributed by atoms with E-state index in [9.17, 15) is 9.59 Å². The van der Waals surface area contributed by atoms with Crippen LogP contribution in [0.2, 0.25) is 0 Å². The molecule has 33 heavy (non-hydrogen) atoms. The van der Waals surface area contributed by atoms with Crippen LogP contribution in [-0.2, 0) is 9.59 Å². The summed E-state index contributed by atoms with van der Waals surface area (Å²) in [5.41, 5.74) is 1.45. The van der Waals surface area contributed by atoms with E-state index in [2.05, 4.69) is 24.1 Å². The fourth-order valence-electron chi connectivity index (χ4n) is 6.16. The lowest BCUT2D eigenvalue weighted by molar-refractivity contribution is -0.134. The zero-order valence-corrected chi connectivity index (χ0v) is 20.8. The number of rotatable bonds is 8. The number of amides is 1. The van der Waals surface area contributed by atoms with Crippen molar-refractivity contribution in [1.29, 1.82) is 0 Å². The van der Waals surface area contributed by atoms with Gasteiger partial charge in [0.25, 0.3) is 0 Å². The van der Waals surface area contributed by atoms with Crippen LogP contribution in [0.1, 0.15) is 91.4 Å². The maximum atomic E-state index is 12.8. The lowest BCUT2D eigenvalue weighted by Crippen LogP contribution is -2.53. The lowest BCUT2D eigenvalue weighted by Gasteiger charge is -2.48. The van der Waals surface area contributed by atoms with Crippen molar-refractivity contribution >= 4 is 23.3 Å². The van der Waals surface area contributed by atoms with Crippen LogP contribution < -0.4 is 10.2 Å². The highest BCUT2D eigenvalue weighted by Crippen LogP contribution is 2.35. The Balaban J connectivity index is 1.79. The van der Waals surface area contributed by atoms with Crippen molar-refractivity contribution in [2.75, 3.05) is 16.8 Å². The number of para-hydroxylation sites is 2. The molecular weight excluding hydrogens is 414 g/mol. The Morgan fingerprint density at radius 3 is 2.39 bits per heavy atom. The molecule has 0 bridgehead atoms. The van der Waals surface area contributed by atoms with Crippen LogP contribution in [0.25, 0.3) is 0 Å². The number of piperidine rings is 1. The third-order valence-electron chi connectivity index (χ3n) is 7.57. The third-order valence-corrected chi connectivity index (χ3v) is 7.57. The van der Waals surface area contributed by atoms with Crippen molar-refractivity contribution in [3.05, 3.63) is 24.3 Å². The first-order valence-corrected chi connectivity index (χ1v) is 13.0. The van der Waals surface area contributed by atoms with Crippen molar-refractivity contribution in [2.45, 2.75) is 116 Å². The molecule has 1 aromatic rings. The van der Waals surface area contributed by atoms with Gasteiger partial charge < -0.3 is 15.3 Å². The van der Waals surface area contributed by atoms with E-state index >= 15 is 0 Å². The van der Waals surface area contributed by atoms with Gasteiger partial charge in [-0.25, -0.2) is 0 Å². The molecule has 6 heteroatoms. The van der Waals surface area contributed by atoms with Gasteiger partial charge in [0, 0.05) is 31.1 Å². The zero-order chi connectivity index (χ0) is 23.8. The van der Waals surface area contributed by atoms with Crippen LogP contribution in [0.5, 0.6) is 0 Å². The summed E-state index contributed by atoms with van der Waals surface area (Å²) < 4.78 is 0. The molecule has 0 spiro atoms. The Labute approximate surface area is 199 Å². The molecule has 3 unspecified atom stereocenters. The molecule has 3 rings (SSSR count). The summed E-state index contributed by atoms with van der Waals surface area (Å²) >= 11 is 0. The second-order valence-corrected chi connectivity index (χ2v) is 10.1. The minimum absolute atomic E-state index is 0.00608. The Kier molecular flexibility index (Phi) is 9.60. The quantitative estimate of drug-likeness (QED) is 0.526. The zero-order valence-electron chi connectivity index (χ0n) is 20.8. The fourth-order valence-corrected chi connectivity index (χ4v) is 6.16. The topological polar surface area (TPSA) is 72.9 Å². The predicted octanol–water partition coefficient (Wildman–Crippen LogP) is 5.67. The average molecular weight is 458 g/mol. The van der Waals surface area contributed by atoms with Gasteiger partial charge in [0.15, 0.2) is 0 Å². The summed E-state index contributed by atoms with van der Waals surface area (Å²) in [6.07, 6.45) is 14.0. The number of carboxylic acids is 1. The van der Waals surface area contributed by atoms with E-state index in [1.54, 1.807) is 6.92 Å². The van der Waals surface area contributed by atoms with Gasteiger partial charge in [-0.3, -0.25) is 14.5 Å². The molecule has 0 radical (unpaired) electrons. The minimum atomic E-state index is -0.918. The number of aliphatic carboxylic acids is 1. The number of nitrogens with one attached hydrogen (secondary N) is 1. The van der Waals surface area contributed by atoms with Crippen molar-refractivity contribution < 1.29 is 14.7 Å². The molecule has 1 aliphatic heterocycles. The molecule has 1 amide bonds. The van der Waals surface area contributed by atoms with Crippen LogP contribution in [-0.4, -0.2) is 52.6 Å². The number of hydrogen-bond donors (Lipinski definition) is 2. The maximum absolute atomic E-state index is 12.8. The van der Waals surface area contributed by atoms with Gasteiger partial charge in [-0.1, -0.05) is 50.7 Å². The number of nitrogens with zero attached hydrogens (tertiary/aromatic N) is 2. The number of carbonyl (C=O) groups excluding carboxylic acids is 1. The summed E-state index contributed by atoms with van der Waals surface area (Å²) in [7, 11) is 0. The van der Waals surface area contributed by atoms with E-state index in [1.165, 1.54) is 64.2 Å². The smallest absolute Gasteiger partial charge is 0.322 e. The maximum Gasteiger partial charge on any atom is 0.322 e. The molecule has 1 saturated heterocycles. The molecule has 1 saturated carbocycles. The summed E-state index contributed by atoms with van der Waals surface area (Å²) in [4.78, 5) is 28.6. The SMILES string of the molecule is CC(=O)N(c1ccccc1NCC(=O)O)C(C)CC1CCCC(C)N1C1CCCCCCC1. The number of carbonyl (C=O) groups is 2. The summed E-state index contributed by atoms with van der Waals surface area (Å²) in [6, 6.07) is 9.31. The van der Waals surface area contributed by atoms with Crippen LogP contribution in [0.3, 0.4) is 0 Å². The number of benzene rings is 1. The van der Waals surface area contributed by atoms with Crippen LogP contribution in [0.4, 0.5) is 11.4 Å². The van der Waals surface area contributed by atoms with E-state index in [1.807, 2.05) is 29.2 Å². The van der Waals surface area contributed by atoms with E-state index in [4.69, 9.17) is 5.11 Å². The standard InChI is InChI=1S/C27H43N3O3/c1-20-12-11-15-24(30(20)23-13-7-5-4-6-8-14-23)18-21(2)29(22(3)31)26-17-10-9-16-25(26)28-19-27(32)33/h9-10,16-17,20-21,23-24,28H,4-8,11-15,18-19H2,1-3H3,(H,32,33). The Morgan fingerprint density at radius 1 is 1.06 bits per heavy atom. The summed E-state index contributed by atoms with van der Waals surface area (Å²) in [5, 5.41) is 12.1. The first kappa shape index (κ1) is 25.5. The van der Waals surface area contributed by atoms with Crippen LogP contribution >= 0.6 is 0 Å². The van der Waals surface area contributed by atoms with Crippen molar-refractivity contribution in [2.24, 2.45) is 0 Å². The highest BCUT2D eigenvalue weighted by atomic mass is 16.4. The van der Waals surface area contributed by atoms with Crippen molar-refractivity contribution in [1.82, 2.24) is 4.90 Å². The average Bonchev–Trinajstić information content (AvgIpc) is 2.74.